The number of rotatable bonds is 1. The fourth-order valence-corrected chi connectivity index (χ4v) is 3.15. The van der Waals surface area contributed by atoms with Crippen LogP contribution in [0, 0.1) is 6.92 Å². The van der Waals surface area contributed by atoms with Crippen molar-refractivity contribution >= 4 is 34.5 Å². The summed E-state index contributed by atoms with van der Waals surface area (Å²) in [6, 6.07) is 12.3. The van der Waals surface area contributed by atoms with Crippen molar-refractivity contribution in [3.63, 3.8) is 0 Å². The van der Waals surface area contributed by atoms with Crippen molar-refractivity contribution in [3.05, 3.63) is 42.0 Å². The summed E-state index contributed by atoms with van der Waals surface area (Å²) in [5.74, 6) is 0. The van der Waals surface area contributed by atoms with Crippen LogP contribution in [-0.4, -0.2) is 18.3 Å². The number of hydrogen-bond donors (Lipinski definition) is 0. The molecule has 4 rings (SSSR count). The predicted molar refractivity (Wildman–Crippen MR) is 94.2 cm³/mol. The fourth-order valence-electron chi connectivity index (χ4n) is 3.15. The van der Waals surface area contributed by atoms with Gasteiger partial charge in [-0.1, -0.05) is 30.3 Å². The number of fused-ring (bicyclic) bond motifs is 3. The molecule has 3 aromatic rings. The lowest BCUT2D eigenvalue weighted by atomic mass is 9.76. The Kier molecular flexibility index (Phi) is 2.97. The number of benzene rings is 2. The molecule has 2 aromatic carbocycles. The minimum absolute atomic E-state index is 0.353. The minimum Gasteiger partial charge on any atom is -0.456 e. The Hall–Kier alpha value is -1.78. The maximum absolute atomic E-state index is 6.25. The highest BCUT2D eigenvalue weighted by Gasteiger charge is 2.52. The predicted octanol–water partition coefficient (Wildman–Crippen LogP) is 4.19. The van der Waals surface area contributed by atoms with Crippen molar-refractivity contribution in [1.29, 1.82) is 0 Å². The first-order chi connectivity index (χ1) is 10.8. The first kappa shape index (κ1) is 14.8. The van der Waals surface area contributed by atoms with E-state index in [0.29, 0.717) is 0 Å². The molecule has 0 saturated carbocycles. The van der Waals surface area contributed by atoms with Crippen LogP contribution in [0.3, 0.4) is 0 Å². The molecule has 23 heavy (non-hydrogen) atoms. The second-order valence-electron chi connectivity index (χ2n) is 7.36. The van der Waals surface area contributed by atoms with E-state index in [0.717, 1.165) is 33.0 Å². The van der Waals surface area contributed by atoms with Crippen LogP contribution in [0.25, 0.3) is 21.9 Å². The molecule has 2 heterocycles. The Balaban J connectivity index is 1.97. The lowest BCUT2D eigenvalue weighted by Gasteiger charge is -2.32. The second kappa shape index (κ2) is 4.62. The summed E-state index contributed by atoms with van der Waals surface area (Å²) in [6.07, 6.45) is 0. The zero-order valence-corrected chi connectivity index (χ0v) is 14.3. The smallest absolute Gasteiger partial charge is 0.456 e. The summed E-state index contributed by atoms with van der Waals surface area (Å²) in [6.45, 7) is 10.4. The van der Waals surface area contributed by atoms with Crippen LogP contribution in [0.15, 0.2) is 40.8 Å². The van der Waals surface area contributed by atoms with Crippen LogP contribution in [-0.2, 0) is 9.31 Å². The molecule has 118 valence electrons. The first-order valence-electron chi connectivity index (χ1n) is 8.06. The number of furan rings is 1. The quantitative estimate of drug-likeness (QED) is 0.632. The van der Waals surface area contributed by atoms with E-state index < -0.39 is 0 Å². The van der Waals surface area contributed by atoms with Gasteiger partial charge in [0.25, 0.3) is 0 Å². The lowest BCUT2D eigenvalue weighted by molar-refractivity contribution is 0.00578. The van der Waals surface area contributed by atoms with Crippen LogP contribution in [0.1, 0.15) is 33.3 Å². The molecule has 0 unspecified atom stereocenters. The van der Waals surface area contributed by atoms with Crippen LogP contribution >= 0.6 is 0 Å². The summed E-state index contributed by atoms with van der Waals surface area (Å²) >= 11 is 0. The zero-order valence-electron chi connectivity index (χ0n) is 14.3. The molecule has 1 aliphatic heterocycles. The molecule has 1 aliphatic rings. The highest BCUT2D eigenvalue weighted by molar-refractivity contribution is 6.66. The maximum Gasteiger partial charge on any atom is 0.495 e. The van der Waals surface area contributed by atoms with E-state index in [1.807, 2.05) is 18.2 Å². The number of hydrogen-bond acceptors (Lipinski definition) is 3. The van der Waals surface area contributed by atoms with Gasteiger partial charge in [0.05, 0.1) is 11.2 Å². The van der Waals surface area contributed by atoms with Gasteiger partial charge in [-0.3, -0.25) is 0 Å². The van der Waals surface area contributed by atoms with Gasteiger partial charge in [-0.15, -0.1) is 0 Å². The van der Waals surface area contributed by atoms with Gasteiger partial charge in [-0.25, -0.2) is 0 Å². The Bertz CT molecular complexity index is 892. The second-order valence-corrected chi connectivity index (χ2v) is 7.36. The van der Waals surface area contributed by atoms with Gasteiger partial charge in [0.2, 0.25) is 0 Å². The molecule has 1 saturated heterocycles. The summed E-state index contributed by atoms with van der Waals surface area (Å²) < 4.78 is 18.6. The van der Waals surface area contributed by atoms with Crippen molar-refractivity contribution in [3.8, 4) is 0 Å². The third-order valence-electron chi connectivity index (χ3n) is 5.26. The van der Waals surface area contributed by atoms with Crippen LogP contribution in [0.4, 0.5) is 0 Å². The molecule has 1 fully saturated rings. The summed E-state index contributed by atoms with van der Waals surface area (Å²) in [7, 11) is -0.385. The average Bonchev–Trinajstić information content (AvgIpc) is 2.96. The molecule has 0 amide bonds. The molecule has 1 aromatic heterocycles. The van der Waals surface area contributed by atoms with Crippen LogP contribution in [0.5, 0.6) is 0 Å². The standard InChI is InChI=1S/C19H21BO3/c1-12-10-11-14(20-22-18(2,3)19(4,5)23-20)16-13-8-6-7-9-15(13)21-17(12)16/h6-11H,1-5H3. The van der Waals surface area contributed by atoms with E-state index in [1.54, 1.807) is 0 Å². The Labute approximate surface area is 136 Å². The van der Waals surface area contributed by atoms with E-state index in [9.17, 15) is 0 Å². The number of aryl methyl sites for hydroxylation is 1. The molecule has 0 N–H and O–H groups in total. The highest BCUT2D eigenvalue weighted by Crippen LogP contribution is 2.38. The van der Waals surface area contributed by atoms with Gasteiger partial charge in [-0.05, 0) is 51.7 Å². The van der Waals surface area contributed by atoms with Gasteiger partial charge in [0.15, 0.2) is 0 Å². The third-order valence-corrected chi connectivity index (χ3v) is 5.26. The molecule has 0 atom stereocenters. The molecule has 0 spiro atoms. The van der Waals surface area contributed by atoms with Crippen LogP contribution in [0.2, 0.25) is 0 Å². The SMILES string of the molecule is Cc1ccc(B2OC(C)(C)C(C)(C)O2)c2c1oc1ccccc12. The molecule has 0 aliphatic carbocycles. The number of para-hydroxylation sites is 1. The van der Waals surface area contributed by atoms with Crippen molar-refractivity contribution in [1.82, 2.24) is 0 Å². The minimum atomic E-state index is -0.385. The average molecular weight is 308 g/mol. The maximum atomic E-state index is 6.25. The molecular weight excluding hydrogens is 287 g/mol. The van der Waals surface area contributed by atoms with Crippen molar-refractivity contribution in [2.24, 2.45) is 0 Å². The van der Waals surface area contributed by atoms with Crippen molar-refractivity contribution in [2.75, 3.05) is 0 Å². The van der Waals surface area contributed by atoms with Gasteiger partial charge in [0, 0.05) is 10.8 Å². The fraction of sp³-hybridized carbons (Fsp3) is 0.368. The van der Waals surface area contributed by atoms with Crippen molar-refractivity contribution in [2.45, 2.75) is 45.8 Å². The zero-order chi connectivity index (χ0) is 16.4. The molecule has 0 bridgehead atoms. The van der Waals surface area contributed by atoms with Gasteiger partial charge >= 0.3 is 7.12 Å². The summed E-state index contributed by atoms with van der Waals surface area (Å²) in [4.78, 5) is 0. The molecule has 4 heteroatoms. The Morgan fingerprint density at radius 2 is 1.52 bits per heavy atom. The summed E-state index contributed by atoms with van der Waals surface area (Å²) in [5, 5.41) is 2.20. The van der Waals surface area contributed by atoms with Gasteiger partial charge in [0.1, 0.15) is 11.2 Å². The summed E-state index contributed by atoms with van der Waals surface area (Å²) in [5.41, 5.74) is 3.27. The third kappa shape index (κ3) is 2.05. The largest absolute Gasteiger partial charge is 0.495 e. The first-order valence-corrected chi connectivity index (χ1v) is 8.06. The molecule has 0 radical (unpaired) electrons. The van der Waals surface area contributed by atoms with E-state index in [-0.39, 0.29) is 18.3 Å². The topological polar surface area (TPSA) is 31.6 Å². The van der Waals surface area contributed by atoms with E-state index >= 15 is 0 Å². The lowest BCUT2D eigenvalue weighted by Crippen LogP contribution is -2.41. The van der Waals surface area contributed by atoms with Gasteiger partial charge in [-0.2, -0.15) is 0 Å². The van der Waals surface area contributed by atoms with Gasteiger partial charge < -0.3 is 13.7 Å². The molecule has 3 nitrogen and oxygen atoms in total. The Morgan fingerprint density at radius 3 is 2.22 bits per heavy atom. The molecular formula is C19H21BO3. The van der Waals surface area contributed by atoms with Crippen molar-refractivity contribution < 1.29 is 13.7 Å². The highest BCUT2D eigenvalue weighted by atomic mass is 16.7. The van der Waals surface area contributed by atoms with Crippen LogP contribution < -0.4 is 5.46 Å². The van der Waals surface area contributed by atoms with E-state index in [4.69, 9.17) is 13.7 Å². The normalized spacial score (nSPS) is 19.8. The Morgan fingerprint density at radius 1 is 0.870 bits per heavy atom. The van der Waals surface area contributed by atoms with E-state index in [2.05, 4.69) is 52.8 Å². The van der Waals surface area contributed by atoms with E-state index in [1.165, 1.54) is 0 Å². The monoisotopic (exact) mass is 308 g/mol.